The third-order valence-electron chi connectivity index (χ3n) is 4.77. The lowest BCUT2D eigenvalue weighted by molar-refractivity contribution is 0.0567. The van der Waals surface area contributed by atoms with E-state index in [0.717, 1.165) is 24.2 Å². The Labute approximate surface area is 153 Å². The molecule has 3 heterocycles. The summed E-state index contributed by atoms with van der Waals surface area (Å²) in [4.78, 5) is 19.4. The molecule has 2 atom stereocenters. The second-order valence-electron chi connectivity index (χ2n) is 6.86. The van der Waals surface area contributed by atoms with Gasteiger partial charge in [-0.15, -0.1) is 0 Å². The highest BCUT2D eigenvalue weighted by atomic mass is 35.5. The van der Waals surface area contributed by atoms with Crippen LogP contribution in [0.2, 0.25) is 5.02 Å². The Hall–Kier alpha value is -1.92. The fourth-order valence-corrected chi connectivity index (χ4v) is 3.63. The molecule has 6 nitrogen and oxygen atoms in total. The average molecular weight is 362 g/mol. The van der Waals surface area contributed by atoms with Crippen LogP contribution >= 0.6 is 11.6 Å². The minimum absolute atomic E-state index is 0.0338. The van der Waals surface area contributed by atoms with Gasteiger partial charge in [-0.3, -0.25) is 4.79 Å². The molecule has 1 amide bonds. The van der Waals surface area contributed by atoms with Gasteiger partial charge in [0, 0.05) is 24.8 Å². The smallest absolute Gasteiger partial charge is 0.274 e. The zero-order chi connectivity index (χ0) is 18.1. The molecule has 2 aromatic rings. The summed E-state index contributed by atoms with van der Waals surface area (Å²) in [5.41, 5.74) is 8.01. The highest BCUT2D eigenvalue weighted by Gasteiger charge is 2.31. The topological polar surface area (TPSA) is 77.0 Å². The summed E-state index contributed by atoms with van der Waals surface area (Å²) in [5.74, 6) is 1.01. The van der Waals surface area contributed by atoms with E-state index in [2.05, 4.69) is 17.0 Å². The fraction of sp³-hybridized carbons (Fsp3) is 0.500. The van der Waals surface area contributed by atoms with Crippen LogP contribution in [0.4, 0.5) is 0 Å². The number of carbonyl (C=O) groups excluding carboxylic acids is 1. The molecule has 1 fully saturated rings. The molecule has 0 aromatic carbocycles. The van der Waals surface area contributed by atoms with Crippen molar-refractivity contribution in [3.8, 4) is 5.82 Å². The maximum Gasteiger partial charge on any atom is 0.274 e. The van der Waals surface area contributed by atoms with Gasteiger partial charge in [0.05, 0.1) is 10.7 Å². The molecule has 2 aromatic heterocycles. The number of nitrogens with zero attached hydrogens (tertiary/aromatic N) is 4. The SMILES string of the molecule is Cc1cc(C)n(-c2ccc(Cl)c(C(=O)N3CCC(C)CC3CN)n2)n1. The molecule has 2 N–H and O–H groups in total. The molecule has 1 aliphatic heterocycles. The third kappa shape index (κ3) is 3.55. The molecule has 1 saturated heterocycles. The Morgan fingerprint density at radius 3 is 2.80 bits per heavy atom. The summed E-state index contributed by atoms with van der Waals surface area (Å²) in [6.45, 7) is 7.20. The first-order valence-corrected chi connectivity index (χ1v) is 8.99. The number of hydrogen-bond donors (Lipinski definition) is 1. The lowest BCUT2D eigenvalue weighted by Crippen LogP contribution is -2.49. The van der Waals surface area contributed by atoms with E-state index in [9.17, 15) is 4.79 Å². The van der Waals surface area contributed by atoms with E-state index in [1.807, 2.05) is 24.8 Å². The predicted molar refractivity (Wildman–Crippen MR) is 98.1 cm³/mol. The second-order valence-corrected chi connectivity index (χ2v) is 7.26. The Morgan fingerprint density at radius 2 is 2.16 bits per heavy atom. The van der Waals surface area contributed by atoms with Crippen molar-refractivity contribution in [2.75, 3.05) is 13.1 Å². The maximum atomic E-state index is 13.1. The number of likely N-dealkylation sites (tertiary alicyclic amines) is 1. The Balaban J connectivity index is 1.95. The van der Waals surface area contributed by atoms with Crippen molar-refractivity contribution < 1.29 is 4.79 Å². The number of piperidine rings is 1. The minimum atomic E-state index is -0.157. The molecule has 0 bridgehead atoms. The van der Waals surface area contributed by atoms with Crippen LogP contribution in [-0.4, -0.2) is 44.7 Å². The van der Waals surface area contributed by atoms with Crippen LogP contribution in [-0.2, 0) is 0 Å². The number of amides is 1. The van der Waals surface area contributed by atoms with Gasteiger partial charge in [-0.25, -0.2) is 9.67 Å². The predicted octanol–water partition coefficient (Wildman–Crippen LogP) is 2.74. The van der Waals surface area contributed by atoms with Gasteiger partial charge in [0.2, 0.25) is 0 Å². The molecule has 134 valence electrons. The Kier molecular flexibility index (Phi) is 5.11. The summed E-state index contributed by atoms with van der Waals surface area (Å²) in [5, 5.41) is 4.78. The summed E-state index contributed by atoms with van der Waals surface area (Å²) in [6, 6.07) is 5.48. The molecule has 0 aliphatic carbocycles. The van der Waals surface area contributed by atoms with Gasteiger partial charge in [0.15, 0.2) is 5.82 Å². The number of nitrogens with two attached hydrogens (primary N) is 1. The molecule has 25 heavy (non-hydrogen) atoms. The molecule has 7 heteroatoms. The molecular formula is C18H24ClN5O. The quantitative estimate of drug-likeness (QED) is 0.911. The van der Waals surface area contributed by atoms with E-state index in [1.54, 1.807) is 16.8 Å². The van der Waals surface area contributed by atoms with Crippen molar-refractivity contribution in [2.45, 2.75) is 39.7 Å². The summed E-state index contributed by atoms with van der Waals surface area (Å²) >= 11 is 6.29. The number of aromatic nitrogens is 3. The number of carbonyl (C=O) groups is 1. The Bertz CT molecular complexity index is 788. The number of hydrogen-bond acceptors (Lipinski definition) is 4. The van der Waals surface area contributed by atoms with Crippen LogP contribution in [0.25, 0.3) is 5.82 Å². The van der Waals surface area contributed by atoms with Gasteiger partial charge in [0.1, 0.15) is 5.69 Å². The van der Waals surface area contributed by atoms with E-state index >= 15 is 0 Å². The van der Waals surface area contributed by atoms with Crippen molar-refractivity contribution in [3.05, 3.63) is 40.3 Å². The van der Waals surface area contributed by atoms with Gasteiger partial charge in [-0.2, -0.15) is 5.10 Å². The van der Waals surface area contributed by atoms with Gasteiger partial charge in [-0.05, 0) is 50.8 Å². The monoisotopic (exact) mass is 361 g/mol. The van der Waals surface area contributed by atoms with Gasteiger partial charge in [-0.1, -0.05) is 18.5 Å². The minimum Gasteiger partial charge on any atom is -0.333 e. The summed E-state index contributed by atoms with van der Waals surface area (Å²) in [7, 11) is 0. The third-order valence-corrected chi connectivity index (χ3v) is 5.08. The number of rotatable bonds is 3. The van der Waals surface area contributed by atoms with Crippen molar-refractivity contribution >= 4 is 17.5 Å². The number of aryl methyl sites for hydroxylation is 2. The van der Waals surface area contributed by atoms with E-state index in [4.69, 9.17) is 17.3 Å². The number of halogens is 1. The molecular weight excluding hydrogens is 338 g/mol. The molecule has 0 spiro atoms. The van der Waals surface area contributed by atoms with E-state index in [-0.39, 0.29) is 17.6 Å². The Morgan fingerprint density at radius 1 is 1.40 bits per heavy atom. The standard InChI is InChI=1S/C18H24ClN5O/c1-11-6-7-23(14(8-11)10-20)18(25)17-15(19)4-5-16(21-17)24-13(3)9-12(2)22-24/h4-5,9,11,14H,6-8,10,20H2,1-3H3. The second kappa shape index (κ2) is 7.14. The lowest BCUT2D eigenvalue weighted by Gasteiger charge is -2.37. The first-order valence-electron chi connectivity index (χ1n) is 8.62. The normalized spacial score (nSPS) is 20.8. The highest BCUT2D eigenvalue weighted by molar-refractivity contribution is 6.33. The highest BCUT2D eigenvalue weighted by Crippen LogP contribution is 2.26. The van der Waals surface area contributed by atoms with Gasteiger partial charge < -0.3 is 10.6 Å². The fourth-order valence-electron chi connectivity index (χ4n) is 3.44. The molecule has 0 saturated carbocycles. The van der Waals surface area contributed by atoms with E-state index in [0.29, 0.717) is 29.8 Å². The summed E-state index contributed by atoms with van der Waals surface area (Å²) < 4.78 is 1.72. The zero-order valence-electron chi connectivity index (χ0n) is 14.9. The van der Waals surface area contributed by atoms with Crippen LogP contribution in [0.1, 0.15) is 41.6 Å². The molecule has 2 unspecified atom stereocenters. The van der Waals surface area contributed by atoms with Crippen molar-refractivity contribution in [1.82, 2.24) is 19.7 Å². The summed E-state index contributed by atoms with van der Waals surface area (Å²) in [6.07, 6.45) is 1.88. The van der Waals surface area contributed by atoms with E-state index in [1.165, 1.54) is 0 Å². The van der Waals surface area contributed by atoms with Gasteiger partial charge >= 0.3 is 0 Å². The maximum absolute atomic E-state index is 13.1. The van der Waals surface area contributed by atoms with Crippen LogP contribution in [0.5, 0.6) is 0 Å². The van der Waals surface area contributed by atoms with Crippen LogP contribution in [0.3, 0.4) is 0 Å². The van der Waals surface area contributed by atoms with Crippen LogP contribution in [0, 0.1) is 19.8 Å². The van der Waals surface area contributed by atoms with Crippen molar-refractivity contribution in [2.24, 2.45) is 11.7 Å². The first-order chi connectivity index (χ1) is 11.9. The van der Waals surface area contributed by atoms with Gasteiger partial charge in [0.25, 0.3) is 5.91 Å². The largest absolute Gasteiger partial charge is 0.333 e. The lowest BCUT2D eigenvalue weighted by atomic mass is 9.92. The van der Waals surface area contributed by atoms with Crippen LogP contribution in [0.15, 0.2) is 18.2 Å². The van der Waals surface area contributed by atoms with Crippen molar-refractivity contribution in [3.63, 3.8) is 0 Å². The van der Waals surface area contributed by atoms with Crippen LogP contribution < -0.4 is 5.73 Å². The zero-order valence-corrected chi connectivity index (χ0v) is 15.6. The number of pyridine rings is 1. The molecule has 0 radical (unpaired) electrons. The van der Waals surface area contributed by atoms with E-state index < -0.39 is 0 Å². The average Bonchev–Trinajstić information content (AvgIpc) is 2.93. The van der Waals surface area contributed by atoms with Crippen molar-refractivity contribution in [1.29, 1.82) is 0 Å². The first kappa shape index (κ1) is 17.9. The molecule has 3 rings (SSSR count). The molecule has 1 aliphatic rings.